The molecule has 0 saturated carbocycles. The fourth-order valence-corrected chi connectivity index (χ4v) is 1.04. The third kappa shape index (κ3) is 3.95. The van der Waals surface area contributed by atoms with E-state index in [0.717, 1.165) is 0 Å². The number of aliphatic carboxylic acids is 1. The first kappa shape index (κ1) is 12.7. The van der Waals surface area contributed by atoms with Gasteiger partial charge in [0.2, 0.25) is 0 Å². The summed E-state index contributed by atoms with van der Waals surface area (Å²) < 4.78 is 4.98. The number of hydrogen-bond acceptors (Lipinski definition) is 3. The lowest BCUT2D eigenvalue weighted by Crippen LogP contribution is -2.10. The minimum absolute atomic E-state index is 0.00578. The molecule has 0 amide bonds. The highest BCUT2D eigenvalue weighted by Gasteiger charge is 2.09. The van der Waals surface area contributed by atoms with Crippen molar-refractivity contribution >= 4 is 11.9 Å². The molecule has 0 aliphatic rings. The largest absolute Gasteiger partial charge is 0.478 e. The van der Waals surface area contributed by atoms with Crippen LogP contribution in [0, 0.1) is 0 Å². The Kier molecular flexibility index (Phi) is 4.22. The van der Waals surface area contributed by atoms with E-state index in [9.17, 15) is 9.59 Å². The maximum atomic E-state index is 11.5. The van der Waals surface area contributed by atoms with Gasteiger partial charge in [-0.3, -0.25) is 0 Å². The average Bonchev–Trinajstić information content (AvgIpc) is 2.29. The quantitative estimate of drug-likeness (QED) is 0.374. The second-order valence-electron chi connectivity index (χ2n) is 3.36. The summed E-state index contributed by atoms with van der Waals surface area (Å²) in [6.07, 6.45) is 1.17. The van der Waals surface area contributed by atoms with Crippen LogP contribution < -0.4 is 4.74 Å². The highest BCUT2D eigenvalue weighted by atomic mass is 16.5. The van der Waals surface area contributed by atoms with Crippen molar-refractivity contribution in [3.8, 4) is 5.75 Å². The lowest BCUT2D eigenvalue weighted by atomic mass is 10.2. The normalized spacial score (nSPS) is 10.8. The SMILES string of the molecule is C=C(C=C(C)C(=O)O)C(=O)Oc1ccccc1. The number of para-hydroxylation sites is 1. The van der Waals surface area contributed by atoms with Gasteiger partial charge in [-0.25, -0.2) is 9.59 Å². The molecule has 0 fully saturated rings. The Hall–Kier alpha value is -2.36. The van der Waals surface area contributed by atoms with Crippen molar-refractivity contribution in [2.24, 2.45) is 0 Å². The van der Waals surface area contributed by atoms with E-state index in [0.29, 0.717) is 5.75 Å². The van der Waals surface area contributed by atoms with Crippen molar-refractivity contribution in [1.29, 1.82) is 0 Å². The molecule has 4 heteroatoms. The molecular formula is C13H12O4. The number of carbonyl (C=O) groups is 2. The van der Waals surface area contributed by atoms with Crippen molar-refractivity contribution < 1.29 is 19.4 Å². The van der Waals surface area contributed by atoms with Crippen molar-refractivity contribution in [3.05, 3.63) is 54.1 Å². The van der Waals surface area contributed by atoms with Gasteiger partial charge in [0.1, 0.15) is 5.75 Å². The fourth-order valence-electron chi connectivity index (χ4n) is 1.04. The van der Waals surface area contributed by atoms with Gasteiger partial charge in [0.15, 0.2) is 0 Å². The van der Waals surface area contributed by atoms with Crippen LogP contribution >= 0.6 is 0 Å². The number of rotatable bonds is 4. The molecule has 1 N–H and O–H groups in total. The topological polar surface area (TPSA) is 63.6 Å². The zero-order chi connectivity index (χ0) is 12.8. The summed E-state index contributed by atoms with van der Waals surface area (Å²) in [6, 6.07) is 8.49. The van der Waals surface area contributed by atoms with Crippen LogP contribution in [0.1, 0.15) is 6.92 Å². The third-order valence-electron chi connectivity index (χ3n) is 1.94. The van der Waals surface area contributed by atoms with Crippen LogP contribution in [-0.2, 0) is 9.59 Å². The lowest BCUT2D eigenvalue weighted by Gasteiger charge is -2.03. The molecule has 0 aliphatic carbocycles. The van der Waals surface area contributed by atoms with Crippen LogP contribution in [0.5, 0.6) is 5.75 Å². The van der Waals surface area contributed by atoms with Gasteiger partial charge in [-0.2, -0.15) is 0 Å². The molecule has 1 aromatic rings. The summed E-state index contributed by atoms with van der Waals surface area (Å²) in [6.45, 7) is 4.84. The van der Waals surface area contributed by atoms with Crippen LogP contribution in [-0.4, -0.2) is 17.0 Å². The average molecular weight is 232 g/mol. The van der Waals surface area contributed by atoms with Crippen molar-refractivity contribution in [2.75, 3.05) is 0 Å². The van der Waals surface area contributed by atoms with E-state index < -0.39 is 11.9 Å². The Morgan fingerprint density at radius 1 is 1.29 bits per heavy atom. The van der Waals surface area contributed by atoms with E-state index in [1.165, 1.54) is 13.0 Å². The van der Waals surface area contributed by atoms with Crippen molar-refractivity contribution in [3.63, 3.8) is 0 Å². The molecule has 17 heavy (non-hydrogen) atoms. The molecule has 0 bridgehead atoms. The van der Waals surface area contributed by atoms with Gasteiger partial charge in [-0.15, -0.1) is 0 Å². The van der Waals surface area contributed by atoms with E-state index in [1.807, 2.05) is 0 Å². The lowest BCUT2D eigenvalue weighted by molar-refractivity contribution is -0.132. The van der Waals surface area contributed by atoms with Crippen LogP contribution in [0.4, 0.5) is 0 Å². The first-order valence-corrected chi connectivity index (χ1v) is 4.88. The van der Waals surface area contributed by atoms with Crippen LogP contribution in [0.15, 0.2) is 54.1 Å². The van der Waals surface area contributed by atoms with Gasteiger partial charge < -0.3 is 9.84 Å². The molecule has 88 valence electrons. The molecular weight excluding hydrogens is 220 g/mol. The van der Waals surface area contributed by atoms with E-state index in [-0.39, 0.29) is 11.1 Å². The van der Waals surface area contributed by atoms with Gasteiger partial charge in [-0.1, -0.05) is 24.8 Å². The zero-order valence-corrected chi connectivity index (χ0v) is 9.34. The molecule has 1 aromatic carbocycles. The third-order valence-corrected chi connectivity index (χ3v) is 1.94. The van der Waals surface area contributed by atoms with Crippen LogP contribution in [0.2, 0.25) is 0 Å². The molecule has 0 aromatic heterocycles. The Labute approximate surface area is 98.8 Å². The fraction of sp³-hybridized carbons (Fsp3) is 0.0769. The molecule has 0 spiro atoms. The molecule has 0 aliphatic heterocycles. The smallest absolute Gasteiger partial charge is 0.342 e. The first-order valence-electron chi connectivity index (χ1n) is 4.88. The zero-order valence-electron chi connectivity index (χ0n) is 9.34. The van der Waals surface area contributed by atoms with Gasteiger partial charge in [0.25, 0.3) is 0 Å². The Morgan fingerprint density at radius 3 is 2.41 bits per heavy atom. The van der Waals surface area contributed by atoms with Crippen molar-refractivity contribution in [2.45, 2.75) is 6.92 Å². The van der Waals surface area contributed by atoms with E-state index in [4.69, 9.17) is 9.84 Å². The maximum Gasteiger partial charge on any atom is 0.342 e. The summed E-state index contributed by atoms with van der Waals surface area (Å²) >= 11 is 0. The molecule has 0 atom stereocenters. The predicted molar refractivity (Wildman–Crippen MR) is 62.6 cm³/mol. The van der Waals surface area contributed by atoms with Gasteiger partial charge in [0, 0.05) is 5.57 Å². The summed E-state index contributed by atoms with van der Waals surface area (Å²) in [5.41, 5.74) is 0.0220. The highest BCUT2D eigenvalue weighted by Crippen LogP contribution is 2.11. The first-order chi connectivity index (χ1) is 8.00. The molecule has 0 saturated heterocycles. The minimum Gasteiger partial charge on any atom is -0.478 e. The van der Waals surface area contributed by atoms with Crippen LogP contribution in [0.25, 0.3) is 0 Å². The maximum absolute atomic E-state index is 11.5. The van der Waals surface area contributed by atoms with Gasteiger partial charge in [-0.05, 0) is 25.1 Å². The molecule has 0 unspecified atom stereocenters. The number of carboxylic acid groups (broad SMARTS) is 1. The molecule has 0 heterocycles. The number of carboxylic acids is 1. The van der Waals surface area contributed by atoms with E-state index in [2.05, 4.69) is 6.58 Å². The minimum atomic E-state index is -1.10. The number of benzene rings is 1. The molecule has 4 nitrogen and oxygen atoms in total. The summed E-state index contributed by atoms with van der Waals surface area (Å²) in [5, 5.41) is 8.64. The number of esters is 1. The Morgan fingerprint density at radius 2 is 1.88 bits per heavy atom. The second kappa shape index (κ2) is 5.65. The summed E-state index contributed by atoms with van der Waals surface area (Å²) in [5.74, 6) is -1.38. The van der Waals surface area contributed by atoms with E-state index >= 15 is 0 Å². The number of carbonyl (C=O) groups excluding carboxylic acids is 1. The molecule has 0 radical (unpaired) electrons. The number of hydrogen-bond donors (Lipinski definition) is 1. The second-order valence-corrected chi connectivity index (χ2v) is 3.36. The Balaban J connectivity index is 2.69. The number of ether oxygens (including phenoxy) is 1. The van der Waals surface area contributed by atoms with Crippen molar-refractivity contribution in [1.82, 2.24) is 0 Å². The van der Waals surface area contributed by atoms with Crippen LogP contribution in [0.3, 0.4) is 0 Å². The molecule has 1 rings (SSSR count). The monoisotopic (exact) mass is 232 g/mol. The van der Waals surface area contributed by atoms with E-state index in [1.54, 1.807) is 30.3 Å². The van der Waals surface area contributed by atoms with Gasteiger partial charge >= 0.3 is 11.9 Å². The Bertz CT molecular complexity index is 471. The summed E-state index contributed by atoms with van der Waals surface area (Å²) in [7, 11) is 0. The standard InChI is InChI=1S/C13H12O4/c1-9(12(14)15)8-10(2)13(16)17-11-6-4-3-5-7-11/h3-8H,2H2,1H3,(H,14,15). The predicted octanol–water partition coefficient (Wildman–Crippen LogP) is 2.18. The highest BCUT2D eigenvalue weighted by molar-refractivity contribution is 5.95. The summed E-state index contributed by atoms with van der Waals surface area (Å²) in [4.78, 5) is 22.1. The van der Waals surface area contributed by atoms with Gasteiger partial charge in [0.05, 0.1) is 5.57 Å².